The summed E-state index contributed by atoms with van der Waals surface area (Å²) in [5.74, 6) is 2.05. The van der Waals surface area contributed by atoms with Crippen molar-refractivity contribution in [2.45, 2.75) is 51.1 Å². The van der Waals surface area contributed by atoms with Crippen molar-refractivity contribution in [3.05, 3.63) is 24.3 Å². The van der Waals surface area contributed by atoms with E-state index in [1.54, 1.807) is 7.11 Å². The number of benzene rings is 1. The van der Waals surface area contributed by atoms with Gasteiger partial charge in [-0.25, -0.2) is 0 Å². The zero-order valence-electron chi connectivity index (χ0n) is 18.0. The van der Waals surface area contributed by atoms with Crippen LogP contribution in [0.5, 0.6) is 5.75 Å². The third kappa shape index (κ3) is 5.34. The first-order valence-electron chi connectivity index (χ1n) is 10.8. The molecule has 1 amide bonds. The van der Waals surface area contributed by atoms with Gasteiger partial charge in [-0.15, -0.1) is 0 Å². The maximum atomic E-state index is 12.0. The molecule has 0 aliphatic carbocycles. The number of para-hydroxylation sites is 2. The normalized spacial score (nSPS) is 20.9. The summed E-state index contributed by atoms with van der Waals surface area (Å²) in [4.78, 5) is 20.8. The SMILES string of the molecule is CCC(CCNC(=NC)NC1CCN(c2ccccc2OC)C1)N1CCCC1=O. The molecule has 0 saturated carbocycles. The first-order valence-corrected chi connectivity index (χ1v) is 10.8. The second-order valence-electron chi connectivity index (χ2n) is 7.79. The van der Waals surface area contributed by atoms with Gasteiger partial charge >= 0.3 is 0 Å². The number of carbonyl (C=O) groups is 1. The van der Waals surface area contributed by atoms with Crippen molar-refractivity contribution in [1.82, 2.24) is 15.5 Å². The van der Waals surface area contributed by atoms with Gasteiger partial charge in [0.05, 0.1) is 12.8 Å². The zero-order valence-corrected chi connectivity index (χ0v) is 18.0. The number of rotatable bonds is 8. The first-order chi connectivity index (χ1) is 14.2. The highest BCUT2D eigenvalue weighted by atomic mass is 16.5. The third-order valence-electron chi connectivity index (χ3n) is 5.97. The number of nitrogens with zero attached hydrogens (tertiary/aromatic N) is 3. The van der Waals surface area contributed by atoms with Gasteiger partial charge in [0.25, 0.3) is 0 Å². The molecular weight excluding hydrogens is 366 g/mol. The predicted octanol–water partition coefficient (Wildman–Crippen LogP) is 2.23. The minimum atomic E-state index is 0.307. The Labute approximate surface area is 174 Å². The molecule has 1 aromatic carbocycles. The second-order valence-corrected chi connectivity index (χ2v) is 7.79. The van der Waals surface area contributed by atoms with Gasteiger partial charge < -0.3 is 25.2 Å². The molecule has 0 spiro atoms. The summed E-state index contributed by atoms with van der Waals surface area (Å²) in [6.07, 6.45) is 4.70. The molecule has 1 aromatic rings. The molecule has 160 valence electrons. The minimum Gasteiger partial charge on any atom is -0.495 e. The maximum Gasteiger partial charge on any atom is 0.222 e. The number of likely N-dealkylation sites (tertiary alicyclic amines) is 1. The van der Waals surface area contributed by atoms with E-state index in [4.69, 9.17) is 4.74 Å². The van der Waals surface area contributed by atoms with E-state index in [1.165, 1.54) is 0 Å². The molecule has 2 fully saturated rings. The number of hydrogen-bond donors (Lipinski definition) is 2. The fourth-order valence-electron chi connectivity index (χ4n) is 4.37. The monoisotopic (exact) mass is 401 g/mol. The highest BCUT2D eigenvalue weighted by molar-refractivity contribution is 5.80. The Balaban J connectivity index is 1.46. The van der Waals surface area contributed by atoms with Crippen molar-refractivity contribution >= 4 is 17.6 Å². The van der Waals surface area contributed by atoms with Gasteiger partial charge in [0.1, 0.15) is 5.75 Å². The molecular formula is C22H35N5O2. The Hall–Kier alpha value is -2.44. The van der Waals surface area contributed by atoms with Gasteiger partial charge in [-0.3, -0.25) is 9.79 Å². The van der Waals surface area contributed by atoms with Crippen molar-refractivity contribution in [3.63, 3.8) is 0 Å². The predicted molar refractivity (Wildman–Crippen MR) is 118 cm³/mol. The third-order valence-corrected chi connectivity index (χ3v) is 5.97. The molecule has 7 nitrogen and oxygen atoms in total. The zero-order chi connectivity index (χ0) is 20.6. The number of hydrogen-bond acceptors (Lipinski definition) is 4. The molecule has 29 heavy (non-hydrogen) atoms. The van der Waals surface area contributed by atoms with Crippen LogP contribution in [-0.2, 0) is 4.79 Å². The van der Waals surface area contributed by atoms with Crippen LogP contribution in [0.3, 0.4) is 0 Å². The molecule has 2 aliphatic heterocycles. The van der Waals surface area contributed by atoms with Crippen LogP contribution < -0.4 is 20.3 Å². The van der Waals surface area contributed by atoms with E-state index in [9.17, 15) is 4.79 Å². The fraction of sp³-hybridized carbons (Fsp3) is 0.636. The number of carbonyl (C=O) groups excluding carboxylic acids is 1. The molecule has 2 heterocycles. The van der Waals surface area contributed by atoms with Crippen LogP contribution in [0.1, 0.15) is 39.0 Å². The minimum absolute atomic E-state index is 0.307. The Morgan fingerprint density at radius 3 is 2.86 bits per heavy atom. The topological polar surface area (TPSA) is 69.2 Å². The van der Waals surface area contributed by atoms with Gasteiger partial charge in [0.2, 0.25) is 5.91 Å². The summed E-state index contributed by atoms with van der Waals surface area (Å²) in [5.41, 5.74) is 1.14. The van der Waals surface area contributed by atoms with Crippen LogP contribution in [0.4, 0.5) is 5.69 Å². The van der Waals surface area contributed by atoms with Crippen molar-refractivity contribution in [3.8, 4) is 5.75 Å². The van der Waals surface area contributed by atoms with E-state index in [2.05, 4.69) is 38.4 Å². The van der Waals surface area contributed by atoms with Crippen molar-refractivity contribution in [2.75, 3.05) is 45.2 Å². The number of anilines is 1. The molecule has 2 unspecified atom stereocenters. The van der Waals surface area contributed by atoms with Crippen molar-refractivity contribution < 1.29 is 9.53 Å². The van der Waals surface area contributed by atoms with Gasteiger partial charge in [0, 0.05) is 51.7 Å². The van der Waals surface area contributed by atoms with Crippen LogP contribution in [0.25, 0.3) is 0 Å². The summed E-state index contributed by atoms with van der Waals surface area (Å²) in [5, 5.41) is 6.98. The standard InChI is InChI=1S/C22H35N5O2/c1-4-18(27-14-7-10-21(27)28)11-13-24-22(23-2)25-17-12-15-26(16-17)19-8-5-6-9-20(19)29-3/h5-6,8-9,17-18H,4,7,10-16H2,1-3H3,(H2,23,24,25). The largest absolute Gasteiger partial charge is 0.495 e. The highest BCUT2D eigenvalue weighted by Gasteiger charge is 2.27. The summed E-state index contributed by atoms with van der Waals surface area (Å²) >= 11 is 0. The van der Waals surface area contributed by atoms with Crippen LogP contribution in [0, 0.1) is 0 Å². The lowest BCUT2D eigenvalue weighted by atomic mass is 10.1. The molecule has 2 aliphatic rings. The van der Waals surface area contributed by atoms with Gasteiger partial charge in [-0.1, -0.05) is 19.1 Å². The summed E-state index contributed by atoms with van der Waals surface area (Å²) in [7, 11) is 3.53. The number of guanidine groups is 1. The molecule has 2 saturated heterocycles. The number of aliphatic imine (C=N–C) groups is 1. The number of ether oxygens (including phenoxy) is 1. The van der Waals surface area contributed by atoms with Crippen LogP contribution >= 0.6 is 0 Å². The Kier molecular flexibility index (Phi) is 7.61. The lowest BCUT2D eigenvalue weighted by Crippen LogP contribution is -2.46. The van der Waals surface area contributed by atoms with Crippen molar-refractivity contribution in [2.24, 2.45) is 4.99 Å². The smallest absolute Gasteiger partial charge is 0.222 e. The molecule has 0 bridgehead atoms. The lowest BCUT2D eigenvalue weighted by molar-refractivity contribution is -0.129. The first kappa shape index (κ1) is 21.3. The van der Waals surface area contributed by atoms with E-state index >= 15 is 0 Å². The van der Waals surface area contributed by atoms with E-state index in [0.29, 0.717) is 24.4 Å². The second kappa shape index (κ2) is 10.4. The molecule has 2 N–H and O–H groups in total. The van der Waals surface area contributed by atoms with Gasteiger partial charge in [-0.2, -0.15) is 0 Å². The van der Waals surface area contributed by atoms with Crippen LogP contribution in [0.15, 0.2) is 29.3 Å². The van der Waals surface area contributed by atoms with Gasteiger partial charge in [0.15, 0.2) is 5.96 Å². The number of methoxy groups -OCH3 is 1. The van der Waals surface area contributed by atoms with Crippen molar-refractivity contribution in [1.29, 1.82) is 0 Å². The van der Waals surface area contributed by atoms with E-state index in [-0.39, 0.29) is 0 Å². The Morgan fingerprint density at radius 2 is 2.17 bits per heavy atom. The van der Waals surface area contributed by atoms with E-state index in [0.717, 1.165) is 69.3 Å². The Morgan fingerprint density at radius 1 is 1.34 bits per heavy atom. The summed E-state index contributed by atoms with van der Waals surface area (Å²) in [6.45, 7) is 5.79. The molecule has 2 atom stereocenters. The summed E-state index contributed by atoms with van der Waals surface area (Å²) in [6, 6.07) is 8.83. The van der Waals surface area contributed by atoms with Gasteiger partial charge in [-0.05, 0) is 37.8 Å². The average Bonchev–Trinajstić information content (AvgIpc) is 3.39. The van der Waals surface area contributed by atoms with E-state index in [1.807, 2.05) is 25.2 Å². The lowest BCUT2D eigenvalue weighted by Gasteiger charge is -2.27. The summed E-state index contributed by atoms with van der Waals surface area (Å²) < 4.78 is 5.50. The fourth-order valence-corrected chi connectivity index (χ4v) is 4.37. The maximum absolute atomic E-state index is 12.0. The van der Waals surface area contributed by atoms with Crippen LogP contribution in [0.2, 0.25) is 0 Å². The number of amides is 1. The highest BCUT2D eigenvalue weighted by Crippen LogP contribution is 2.30. The molecule has 0 radical (unpaired) electrons. The molecule has 7 heteroatoms. The number of nitrogens with one attached hydrogen (secondary N) is 2. The Bertz CT molecular complexity index is 708. The van der Waals surface area contributed by atoms with Crippen LogP contribution in [-0.4, -0.2) is 69.2 Å². The average molecular weight is 402 g/mol. The molecule has 3 rings (SSSR count). The quantitative estimate of drug-likeness (QED) is 0.516. The van der Waals surface area contributed by atoms with E-state index < -0.39 is 0 Å². The molecule has 0 aromatic heterocycles.